The highest BCUT2D eigenvalue weighted by molar-refractivity contribution is 5.84. The average Bonchev–Trinajstić information content (AvgIpc) is 1.99. The summed E-state index contributed by atoms with van der Waals surface area (Å²) in [5, 5.41) is 11.1. The quantitative estimate of drug-likeness (QED) is 0.276. The number of nitrogens with zero attached hydrogens (tertiary/aromatic N) is 1. The third kappa shape index (κ3) is 3.88. The Morgan fingerprint density at radius 3 is 2.60 bits per heavy atom. The van der Waals surface area contributed by atoms with E-state index in [2.05, 4.69) is 9.89 Å². The van der Waals surface area contributed by atoms with E-state index in [9.17, 15) is 4.79 Å². The molecule has 4 nitrogen and oxygen atoms in total. The summed E-state index contributed by atoms with van der Waals surface area (Å²) in [4.78, 5) is 10.5. The van der Waals surface area contributed by atoms with Crippen LogP contribution in [0.15, 0.2) is 5.16 Å². The maximum absolute atomic E-state index is 10.5. The van der Waals surface area contributed by atoms with Crippen LogP contribution in [0, 0.1) is 0 Å². The number of ether oxygens (including phenoxy) is 1. The number of rotatable bonds is 3. The first-order valence-corrected chi connectivity index (χ1v) is 2.95. The zero-order valence-electron chi connectivity index (χ0n) is 6.13. The maximum atomic E-state index is 10.5. The number of esters is 1. The Morgan fingerprint density at radius 1 is 1.60 bits per heavy atom. The molecule has 0 fully saturated rings. The van der Waals surface area contributed by atoms with E-state index < -0.39 is 0 Å². The number of hydrogen-bond donors (Lipinski definition) is 1. The third-order valence-corrected chi connectivity index (χ3v) is 1.09. The van der Waals surface area contributed by atoms with Gasteiger partial charge in [-0.3, -0.25) is 4.79 Å². The van der Waals surface area contributed by atoms with Crippen molar-refractivity contribution >= 4 is 11.7 Å². The number of methoxy groups -OCH3 is 1. The molecule has 0 atom stereocenters. The van der Waals surface area contributed by atoms with Crippen molar-refractivity contribution in [3.05, 3.63) is 0 Å². The minimum absolute atomic E-state index is 0.270. The van der Waals surface area contributed by atoms with Gasteiger partial charge >= 0.3 is 5.97 Å². The molecule has 0 aromatic heterocycles. The van der Waals surface area contributed by atoms with Crippen LogP contribution in [0.25, 0.3) is 0 Å². The summed E-state index contributed by atoms with van der Waals surface area (Å²) in [6, 6.07) is 0. The predicted molar refractivity (Wildman–Crippen MR) is 36.1 cm³/mol. The number of oxime groups is 1. The number of hydrogen-bond acceptors (Lipinski definition) is 4. The van der Waals surface area contributed by atoms with Gasteiger partial charge in [-0.15, -0.1) is 0 Å². The Morgan fingerprint density at radius 2 is 2.20 bits per heavy atom. The normalized spacial score (nSPS) is 11.2. The van der Waals surface area contributed by atoms with Crippen LogP contribution in [0.2, 0.25) is 0 Å². The minimum Gasteiger partial charge on any atom is -0.469 e. The van der Waals surface area contributed by atoms with Crippen LogP contribution in [-0.2, 0) is 9.53 Å². The lowest BCUT2D eigenvalue weighted by Gasteiger charge is -1.96. The summed E-state index contributed by atoms with van der Waals surface area (Å²) in [6.45, 7) is 1.64. The first-order valence-electron chi connectivity index (χ1n) is 2.95. The largest absolute Gasteiger partial charge is 0.469 e. The van der Waals surface area contributed by atoms with Crippen molar-refractivity contribution < 1.29 is 14.7 Å². The summed E-state index contributed by atoms with van der Waals surface area (Å²) in [5.41, 5.74) is 0.533. The summed E-state index contributed by atoms with van der Waals surface area (Å²) >= 11 is 0. The van der Waals surface area contributed by atoms with Crippen LogP contribution in [0.4, 0.5) is 0 Å². The summed E-state index contributed by atoms with van der Waals surface area (Å²) in [6.07, 6.45) is 0.718. The lowest BCUT2D eigenvalue weighted by molar-refractivity contribution is -0.140. The highest BCUT2D eigenvalue weighted by Crippen LogP contribution is 1.93. The Kier molecular flexibility index (Phi) is 4.28. The van der Waals surface area contributed by atoms with Crippen molar-refractivity contribution in [3.63, 3.8) is 0 Å². The van der Waals surface area contributed by atoms with Crippen molar-refractivity contribution in [2.45, 2.75) is 19.8 Å². The molecule has 1 N–H and O–H groups in total. The summed E-state index contributed by atoms with van der Waals surface area (Å²) in [7, 11) is 1.33. The van der Waals surface area contributed by atoms with Crippen molar-refractivity contribution in [2.75, 3.05) is 7.11 Å². The first kappa shape index (κ1) is 8.94. The molecule has 0 saturated heterocycles. The number of carbonyl (C=O) groups is 1. The van der Waals surface area contributed by atoms with E-state index >= 15 is 0 Å². The van der Waals surface area contributed by atoms with Crippen molar-refractivity contribution in [2.24, 2.45) is 5.16 Å². The average molecular weight is 145 g/mol. The molecule has 0 rings (SSSR count). The SMILES string of the molecule is COC(=O)CC/C(C)=N/O. The van der Waals surface area contributed by atoms with Gasteiger partial charge in [0.25, 0.3) is 0 Å². The molecule has 0 amide bonds. The Labute approximate surface area is 59.5 Å². The van der Waals surface area contributed by atoms with Gasteiger partial charge in [-0.05, 0) is 13.3 Å². The topological polar surface area (TPSA) is 58.9 Å². The zero-order valence-corrected chi connectivity index (χ0v) is 6.13. The van der Waals surface area contributed by atoms with Crippen LogP contribution >= 0.6 is 0 Å². The molecule has 4 heteroatoms. The van der Waals surface area contributed by atoms with Gasteiger partial charge in [0.2, 0.25) is 0 Å². The van der Waals surface area contributed by atoms with Crippen molar-refractivity contribution in [1.29, 1.82) is 0 Å². The fourth-order valence-corrected chi connectivity index (χ4v) is 0.435. The molecule has 0 bridgehead atoms. The lowest BCUT2D eigenvalue weighted by atomic mass is 10.2. The Balaban J connectivity index is 3.45. The van der Waals surface area contributed by atoms with Gasteiger partial charge in [0.15, 0.2) is 0 Å². The van der Waals surface area contributed by atoms with Crippen LogP contribution in [0.5, 0.6) is 0 Å². The van der Waals surface area contributed by atoms with Gasteiger partial charge in [0, 0.05) is 0 Å². The van der Waals surface area contributed by atoms with E-state index in [0.717, 1.165) is 0 Å². The molecule has 0 aromatic carbocycles. The van der Waals surface area contributed by atoms with Crippen molar-refractivity contribution in [1.82, 2.24) is 0 Å². The molecule has 0 unspecified atom stereocenters. The zero-order chi connectivity index (χ0) is 7.98. The van der Waals surface area contributed by atoms with Gasteiger partial charge in [-0.1, -0.05) is 5.16 Å². The highest BCUT2D eigenvalue weighted by Gasteiger charge is 2.00. The highest BCUT2D eigenvalue weighted by atomic mass is 16.5. The van der Waals surface area contributed by atoms with E-state index in [1.807, 2.05) is 0 Å². The summed E-state index contributed by atoms with van der Waals surface area (Å²) in [5.74, 6) is -0.289. The van der Waals surface area contributed by atoms with Crippen LogP contribution in [-0.4, -0.2) is 24.0 Å². The summed E-state index contributed by atoms with van der Waals surface area (Å²) < 4.78 is 4.37. The van der Waals surface area contributed by atoms with Gasteiger partial charge in [-0.25, -0.2) is 0 Å². The smallest absolute Gasteiger partial charge is 0.305 e. The van der Waals surface area contributed by atoms with Gasteiger partial charge in [-0.2, -0.15) is 0 Å². The van der Waals surface area contributed by atoms with Crippen LogP contribution < -0.4 is 0 Å². The number of carbonyl (C=O) groups excluding carboxylic acids is 1. The molecule has 0 aromatic rings. The van der Waals surface area contributed by atoms with E-state index in [1.54, 1.807) is 6.92 Å². The van der Waals surface area contributed by atoms with Gasteiger partial charge < -0.3 is 9.94 Å². The molecule has 0 heterocycles. The molecule has 58 valence electrons. The standard InChI is InChI=1S/C6H11NO3/c1-5(7-9)3-4-6(8)10-2/h9H,3-4H2,1-2H3/b7-5+. The molecule has 0 saturated carbocycles. The minimum atomic E-state index is -0.289. The van der Waals surface area contributed by atoms with Crippen LogP contribution in [0.3, 0.4) is 0 Å². The molecule has 0 aliphatic carbocycles. The van der Waals surface area contributed by atoms with Gasteiger partial charge in [0.05, 0.1) is 19.2 Å². The molecule has 10 heavy (non-hydrogen) atoms. The third-order valence-electron chi connectivity index (χ3n) is 1.09. The monoisotopic (exact) mass is 145 g/mol. The molecule has 0 aliphatic heterocycles. The second-order valence-electron chi connectivity index (χ2n) is 1.91. The van der Waals surface area contributed by atoms with E-state index in [4.69, 9.17) is 5.21 Å². The second-order valence-corrected chi connectivity index (χ2v) is 1.91. The van der Waals surface area contributed by atoms with Gasteiger partial charge in [0.1, 0.15) is 0 Å². The lowest BCUT2D eigenvalue weighted by Crippen LogP contribution is -2.02. The Bertz CT molecular complexity index is 142. The predicted octanol–water partition coefficient (Wildman–Crippen LogP) is 0.790. The molecular weight excluding hydrogens is 134 g/mol. The van der Waals surface area contributed by atoms with E-state index in [-0.39, 0.29) is 12.4 Å². The van der Waals surface area contributed by atoms with E-state index in [1.165, 1.54) is 7.11 Å². The van der Waals surface area contributed by atoms with Crippen LogP contribution in [0.1, 0.15) is 19.8 Å². The fraction of sp³-hybridized carbons (Fsp3) is 0.667. The second kappa shape index (κ2) is 4.78. The first-order chi connectivity index (χ1) is 4.70. The molecule has 0 spiro atoms. The fourth-order valence-electron chi connectivity index (χ4n) is 0.435. The van der Waals surface area contributed by atoms with E-state index in [0.29, 0.717) is 12.1 Å². The maximum Gasteiger partial charge on any atom is 0.305 e. The molecule has 0 aliphatic rings. The molecular formula is C6H11NO3. The molecule has 0 radical (unpaired) electrons. The Hall–Kier alpha value is -1.06. The van der Waals surface area contributed by atoms with Crippen molar-refractivity contribution in [3.8, 4) is 0 Å².